The summed E-state index contributed by atoms with van der Waals surface area (Å²) in [4.78, 5) is 21.3. The molecule has 1 aliphatic rings. The van der Waals surface area contributed by atoms with Crippen molar-refractivity contribution >= 4 is 22.8 Å². The van der Waals surface area contributed by atoms with E-state index in [1.54, 1.807) is 0 Å². The molecule has 1 aliphatic carbocycles. The molecule has 0 unspecified atom stereocenters. The van der Waals surface area contributed by atoms with E-state index in [1.807, 2.05) is 28.9 Å². The summed E-state index contributed by atoms with van der Waals surface area (Å²) in [5.41, 5.74) is 9.53. The van der Waals surface area contributed by atoms with E-state index in [0.29, 0.717) is 34.2 Å². The molecule has 2 aromatic heterocycles. The smallest absolute Gasteiger partial charge is 0.255 e. The highest BCUT2D eigenvalue weighted by molar-refractivity contribution is 5.98. The average molecular weight is 505 g/mol. The number of nitrogens with zero attached hydrogens (tertiary/aromatic N) is 4. The van der Waals surface area contributed by atoms with Crippen LogP contribution in [0.25, 0.3) is 22.3 Å². The SMILES string of the molecule is COc1ccc(F)cc1C(=O)NCc1ccc(-c2nn([C@H]3CC[C@@H](CO)CC3)c3ncnc(N)c23)cc1. The van der Waals surface area contributed by atoms with Crippen LogP contribution in [0.3, 0.4) is 0 Å². The van der Waals surface area contributed by atoms with E-state index < -0.39 is 11.7 Å². The van der Waals surface area contributed by atoms with Crippen LogP contribution in [-0.2, 0) is 6.54 Å². The van der Waals surface area contributed by atoms with E-state index in [4.69, 9.17) is 15.6 Å². The highest BCUT2D eigenvalue weighted by Crippen LogP contribution is 2.37. The van der Waals surface area contributed by atoms with Crippen LogP contribution < -0.4 is 15.8 Å². The van der Waals surface area contributed by atoms with E-state index in [9.17, 15) is 14.3 Å². The number of aliphatic hydroxyl groups is 1. The summed E-state index contributed by atoms with van der Waals surface area (Å²) < 4.78 is 20.8. The molecule has 2 heterocycles. The lowest BCUT2D eigenvalue weighted by atomic mass is 9.87. The number of hydrogen-bond acceptors (Lipinski definition) is 7. The molecule has 1 saturated carbocycles. The van der Waals surface area contributed by atoms with E-state index in [1.165, 1.54) is 25.6 Å². The van der Waals surface area contributed by atoms with Crippen molar-refractivity contribution in [3.8, 4) is 17.0 Å². The predicted molar refractivity (Wildman–Crippen MR) is 137 cm³/mol. The number of fused-ring (bicyclic) bond motifs is 1. The van der Waals surface area contributed by atoms with Gasteiger partial charge in [-0.15, -0.1) is 0 Å². The van der Waals surface area contributed by atoms with Crippen LogP contribution in [0.15, 0.2) is 48.8 Å². The second kappa shape index (κ2) is 10.5. The van der Waals surface area contributed by atoms with Crippen LogP contribution in [0.5, 0.6) is 5.75 Å². The van der Waals surface area contributed by atoms with Gasteiger partial charge in [0.05, 0.1) is 24.1 Å². The Balaban J connectivity index is 1.36. The standard InChI is InChI=1S/C27H29FN6O3/c1-37-22-11-8-19(28)12-21(22)27(36)30-13-16-2-6-18(7-3-16)24-23-25(29)31-15-32-26(23)34(33-24)20-9-4-17(14-35)5-10-20/h2-3,6-8,11-12,15,17,20,35H,4-5,9-10,13-14H2,1H3,(H,30,36)(H2,29,31,32)/t17-,20+. The predicted octanol–water partition coefficient (Wildman–Crippen LogP) is 3.88. The molecule has 0 bridgehead atoms. The van der Waals surface area contributed by atoms with Crippen LogP contribution in [0, 0.1) is 11.7 Å². The Kier molecular flexibility index (Phi) is 7.00. The number of aromatic nitrogens is 4. The fraction of sp³-hybridized carbons (Fsp3) is 0.333. The van der Waals surface area contributed by atoms with E-state index in [0.717, 1.165) is 42.9 Å². The number of halogens is 1. The molecule has 0 spiro atoms. The van der Waals surface area contributed by atoms with E-state index in [2.05, 4.69) is 15.3 Å². The van der Waals surface area contributed by atoms with Gasteiger partial charge in [0, 0.05) is 18.7 Å². The Morgan fingerprint density at radius 2 is 1.92 bits per heavy atom. The van der Waals surface area contributed by atoms with Crippen LogP contribution in [-0.4, -0.2) is 44.5 Å². The number of aliphatic hydroxyl groups excluding tert-OH is 1. The van der Waals surface area contributed by atoms with Gasteiger partial charge in [-0.25, -0.2) is 19.0 Å². The first-order chi connectivity index (χ1) is 18.0. The first-order valence-corrected chi connectivity index (χ1v) is 12.3. The molecule has 0 aliphatic heterocycles. The van der Waals surface area contributed by atoms with Gasteiger partial charge in [-0.05, 0) is 55.4 Å². The lowest BCUT2D eigenvalue weighted by molar-refractivity contribution is 0.0947. The van der Waals surface area contributed by atoms with Crippen LogP contribution in [0.4, 0.5) is 10.2 Å². The second-order valence-corrected chi connectivity index (χ2v) is 9.33. The van der Waals surface area contributed by atoms with Crippen LogP contribution in [0.2, 0.25) is 0 Å². The summed E-state index contributed by atoms with van der Waals surface area (Å²) in [6.07, 6.45) is 5.18. The lowest BCUT2D eigenvalue weighted by Gasteiger charge is -2.27. The number of nitrogens with two attached hydrogens (primary N) is 1. The zero-order valence-electron chi connectivity index (χ0n) is 20.5. The highest BCUT2D eigenvalue weighted by Gasteiger charge is 2.26. The summed E-state index contributed by atoms with van der Waals surface area (Å²) in [7, 11) is 1.44. The molecule has 1 fully saturated rings. The van der Waals surface area contributed by atoms with E-state index >= 15 is 0 Å². The number of rotatable bonds is 7. The number of ether oxygens (including phenoxy) is 1. The van der Waals surface area contributed by atoms with Gasteiger partial charge in [-0.1, -0.05) is 24.3 Å². The van der Waals surface area contributed by atoms with Crippen LogP contribution in [0.1, 0.15) is 47.6 Å². The molecular formula is C27H29FN6O3. The molecule has 0 atom stereocenters. The number of nitrogens with one attached hydrogen (secondary N) is 1. The number of methoxy groups -OCH3 is 1. The third-order valence-electron chi connectivity index (χ3n) is 7.03. The van der Waals surface area contributed by atoms with E-state index in [-0.39, 0.29) is 24.8 Å². The third kappa shape index (κ3) is 4.97. The molecule has 37 heavy (non-hydrogen) atoms. The summed E-state index contributed by atoms with van der Waals surface area (Å²) in [6.45, 7) is 0.475. The Morgan fingerprint density at radius 1 is 1.16 bits per heavy atom. The summed E-state index contributed by atoms with van der Waals surface area (Å²) in [6, 6.07) is 11.7. The molecule has 2 aromatic carbocycles. The van der Waals surface area contributed by atoms with Gasteiger partial charge in [0.15, 0.2) is 5.65 Å². The molecule has 0 radical (unpaired) electrons. The summed E-state index contributed by atoms with van der Waals surface area (Å²) >= 11 is 0. The van der Waals surface area contributed by atoms with Crippen molar-refractivity contribution in [3.63, 3.8) is 0 Å². The number of carbonyl (C=O) groups is 1. The average Bonchev–Trinajstić information content (AvgIpc) is 3.33. The largest absolute Gasteiger partial charge is 0.496 e. The number of nitrogen functional groups attached to an aromatic ring is 1. The molecular weight excluding hydrogens is 475 g/mol. The zero-order chi connectivity index (χ0) is 25.9. The fourth-order valence-corrected chi connectivity index (χ4v) is 4.94. The van der Waals surface area contributed by atoms with Gasteiger partial charge < -0.3 is 20.9 Å². The quantitative estimate of drug-likeness (QED) is 0.348. The number of anilines is 1. The second-order valence-electron chi connectivity index (χ2n) is 9.33. The van der Waals surface area contributed by atoms with Gasteiger partial charge >= 0.3 is 0 Å². The van der Waals surface area contributed by atoms with Gasteiger partial charge in [0.25, 0.3) is 5.91 Å². The molecule has 1 amide bonds. The first kappa shape index (κ1) is 24.6. The van der Waals surface area contributed by atoms with Crippen molar-refractivity contribution in [1.82, 2.24) is 25.1 Å². The van der Waals surface area contributed by atoms with Crippen molar-refractivity contribution in [2.24, 2.45) is 5.92 Å². The zero-order valence-corrected chi connectivity index (χ0v) is 20.5. The highest BCUT2D eigenvalue weighted by atomic mass is 19.1. The maximum atomic E-state index is 13.6. The lowest BCUT2D eigenvalue weighted by Crippen LogP contribution is -2.23. The molecule has 4 N–H and O–H groups in total. The minimum Gasteiger partial charge on any atom is -0.496 e. The van der Waals surface area contributed by atoms with Crippen molar-refractivity contribution in [2.45, 2.75) is 38.3 Å². The fourth-order valence-electron chi connectivity index (χ4n) is 4.94. The van der Waals surface area contributed by atoms with Gasteiger partial charge in [-0.2, -0.15) is 5.10 Å². The van der Waals surface area contributed by atoms with Crippen molar-refractivity contribution in [2.75, 3.05) is 19.5 Å². The molecule has 4 aromatic rings. The van der Waals surface area contributed by atoms with Gasteiger partial charge in [0.1, 0.15) is 29.4 Å². The van der Waals surface area contributed by atoms with Crippen molar-refractivity contribution in [1.29, 1.82) is 0 Å². The van der Waals surface area contributed by atoms with Crippen molar-refractivity contribution in [3.05, 3.63) is 65.7 Å². The summed E-state index contributed by atoms with van der Waals surface area (Å²) in [5, 5.41) is 17.9. The number of benzene rings is 2. The molecule has 9 nitrogen and oxygen atoms in total. The summed E-state index contributed by atoms with van der Waals surface area (Å²) in [5.74, 6) is 0.0852. The minimum atomic E-state index is -0.508. The Morgan fingerprint density at radius 3 is 2.62 bits per heavy atom. The normalized spacial score (nSPS) is 17.6. The molecule has 10 heteroatoms. The number of hydrogen-bond donors (Lipinski definition) is 3. The third-order valence-corrected chi connectivity index (χ3v) is 7.03. The number of amides is 1. The topological polar surface area (TPSA) is 128 Å². The van der Waals surface area contributed by atoms with Gasteiger partial charge in [-0.3, -0.25) is 4.79 Å². The Labute approximate surface area is 213 Å². The maximum Gasteiger partial charge on any atom is 0.255 e. The molecule has 5 rings (SSSR count). The van der Waals surface area contributed by atoms with Crippen LogP contribution >= 0.6 is 0 Å². The van der Waals surface area contributed by atoms with Gasteiger partial charge in [0.2, 0.25) is 0 Å². The molecule has 192 valence electrons. The van der Waals surface area contributed by atoms with Crippen molar-refractivity contribution < 1.29 is 19.0 Å². The Hall–Kier alpha value is -4.05. The minimum absolute atomic E-state index is 0.139. The monoisotopic (exact) mass is 504 g/mol. The maximum absolute atomic E-state index is 13.6. The Bertz CT molecular complexity index is 1410. The first-order valence-electron chi connectivity index (χ1n) is 12.3. The number of carbonyl (C=O) groups excluding carboxylic acids is 1. The molecule has 0 saturated heterocycles.